The van der Waals surface area contributed by atoms with E-state index in [1.54, 1.807) is 7.11 Å². The first kappa shape index (κ1) is 11.8. The molecule has 17 heavy (non-hydrogen) atoms. The largest absolute Gasteiger partial charge is 0.495 e. The Balaban J connectivity index is 2.43. The van der Waals surface area contributed by atoms with E-state index in [1.165, 1.54) is 0 Å². The molecule has 0 saturated heterocycles. The minimum atomic E-state index is -0.859. The maximum absolute atomic E-state index is 11.4. The van der Waals surface area contributed by atoms with E-state index in [2.05, 4.69) is 5.32 Å². The minimum absolute atomic E-state index is 0.555. The number of anilines is 1. The van der Waals surface area contributed by atoms with Gasteiger partial charge in [0.05, 0.1) is 12.8 Å². The van der Waals surface area contributed by atoms with Crippen LogP contribution in [0.3, 0.4) is 0 Å². The van der Waals surface area contributed by atoms with E-state index in [0.717, 1.165) is 17.7 Å². The van der Waals surface area contributed by atoms with Gasteiger partial charge in [0.2, 0.25) is 0 Å². The van der Waals surface area contributed by atoms with Crippen molar-refractivity contribution in [3.63, 3.8) is 0 Å². The van der Waals surface area contributed by atoms with Crippen LogP contribution in [0.5, 0.6) is 5.75 Å². The van der Waals surface area contributed by atoms with Gasteiger partial charge in [-0.05, 0) is 30.9 Å². The van der Waals surface area contributed by atoms with Crippen molar-refractivity contribution in [2.24, 2.45) is 0 Å². The number of hydrogen-bond donors (Lipinski definition) is 2. The van der Waals surface area contributed by atoms with Gasteiger partial charge in [0.15, 0.2) is 0 Å². The number of para-hydroxylation sites is 1. The highest BCUT2D eigenvalue weighted by atomic mass is 16.5. The summed E-state index contributed by atoms with van der Waals surface area (Å²) in [6, 6.07) is 5.78. The molecule has 1 atom stereocenters. The Labute approximate surface area is 101 Å². The van der Waals surface area contributed by atoms with Gasteiger partial charge < -0.3 is 15.2 Å². The quantitative estimate of drug-likeness (QED) is 0.844. The fourth-order valence-corrected chi connectivity index (χ4v) is 2.32. The minimum Gasteiger partial charge on any atom is -0.495 e. The van der Waals surface area contributed by atoms with E-state index in [-0.39, 0.29) is 0 Å². The molecular weight excluding hydrogens is 218 g/mol. The smallest absolute Gasteiger partial charge is 0.329 e. The molecule has 1 aromatic rings. The van der Waals surface area contributed by atoms with Crippen LogP contribution in [0.4, 0.5) is 5.69 Å². The third kappa shape index (κ3) is 1.84. The number of carboxylic acid groups (broad SMARTS) is 1. The zero-order valence-electron chi connectivity index (χ0n) is 10.1. The van der Waals surface area contributed by atoms with Crippen molar-refractivity contribution in [2.75, 3.05) is 12.4 Å². The van der Waals surface area contributed by atoms with E-state index in [9.17, 15) is 9.90 Å². The molecule has 0 spiro atoms. The normalized spacial score (nSPS) is 22.5. The number of carbonyl (C=O) groups is 1. The standard InChI is InChI=1S/C13H17NO3/c1-3-13(12(15)16)8-7-9-5-4-6-10(17-2)11(9)14-13/h4-6,14H,3,7-8H2,1-2H3,(H,15,16). The third-order valence-corrected chi connectivity index (χ3v) is 3.53. The first-order valence-corrected chi connectivity index (χ1v) is 5.80. The van der Waals surface area contributed by atoms with Crippen LogP contribution < -0.4 is 10.1 Å². The molecule has 0 radical (unpaired) electrons. The molecule has 4 heteroatoms. The zero-order valence-corrected chi connectivity index (χ0v) is 10.1. The molecule has 1 unspecified atom stereocenters. The molecule has 2 N–H and O–H groups in total. The molecule has 2 rings (SSSR count). The summed E-state index contributed by atoms with van der Waals surface area (Å²) >= 11 is 0. The fourth-order valence-electron chi connectivity index (χ4n) is 2.32. The third-order valence-electron chi connectivity index (χ3n) is 3.53. The summed E-state index contributed by atoms with van der Waals surface area (Å²) in [7, 11) is 1.60. The Morgan fingerprint density at radius 1 is 1.59 bits per heavy atom. The number of fused-ring (bicyclic) bond motifs is 1. The van der Waals surface area contributed by atoms with Gasteiger partial charge in [-0.2, -0.15) is 0 Å². The molecule has 0 saturated carbocycles. The van der Waals surface area contributed by atoms with Gasteiger partial charge >= 0.3 is 5.97 Å². The molecule has 92 valence electrons. The summed E-state index contributed by atoms with van der Waals surface area (Å²) < 4.78 is 5.27. The maximum Gasteiger partial charge on any atom is 0.329 e. The maximum atomic E-state index is 11.4. The van der Waals surface area contributed by atoms with E-state index in [0.29, 0.717) is 18.6 Å². The van der Waals surface area contributed by atoms with E-state index in [4.69, 9.17) is 4.74 Å². The number of carboxylic acids is 1. The monoisotopic (exact) mass is 235 g/mol. The second kappa shape index (κ2) is 4.28. The number of methoxy groups -OCH3 is 1. The Bertz CT molecular complexity index is 430. The van der Waals surface area contributed by atoms with Crippen LogP contribution in [-0.4, -0.2) is 23.7 Å². The number of aliphatic carboxylic acids is 1. The summed E-state index contributed by atoms with van der Waals surface area (Å²) in [5.41, 5.74) is 1.09. The lowest BCUT2D eigenvalue weighted by atomic mass is 9.84. The SMILES string of the molecule is CCC1(C(=O)O)CCc2cccc(OC)c2N1. The number of ether oxygens (including phenoxy) is 1. The molecule has 4 nitrogen and oxygen atoms in total. The van der Waals surface area contributed by atoms with Crippen LogP contribution in [0, 0.1) is 0 Å². The summed E-state index contributed by atoms with van der Waals surface area (Å²) in [6.45, 7) is 1.89. The predicted molar refractivity (Wildman–Crippen MR) is 65.6 cm³/mol. The van der Waals surface area contributed by atoms with Crippen molar-refractivity contribution in [3.8, 4) is 5.75 Å². The second-order valence-electron chi connectivity index (χ2n) is 4.36. The van der Waals surface area contributed by atoms with Crippen LogP contribution in [0.15, 0.2) is 18.2 Å². The topological polar surface area (TPSA) is 58.6 Å². The molecule has 0 bridgehead atoms. The highest BCUT2D eigenvalue weighted by molar-refractivity contribution is 5.85. The highest BCUT2D eigenvalue weighted by Crippen LogP contribution is 2.38. The fraction of sp³-hybridized carbons (Fsp3) is 0.462. The second-order valence-corrected chi connectivity index (χ2v) is 4.36. The van der Waals surface area contributed by atoms with Crippen molar-refractivity contribution in [3.05, 3.63) is 23.8 Å². The lowest BCUT2D eigenvalue weighted by molar-refractivity contribution is -0.142. The number of rotatable bonds is 3. The number of nitrogens with one attached hydrogen (secondary N) is 1. The molecule has 1 heterocycles. The Morgan fingerprint density at radius 3 is 2.94 bits per heavy atom. The molecular formula is C13H17NO3. The number of aryl methyl sites for hydroxylation is 1. The van der Waals surface area contributed by atoms with Gasteiger partial charge in [-0.1, -0.05) is 19.1 Å². The van der Waals surface area contributed by atoms with Crippen molar-refractivity contribution >= 4 is 11.7 Å². The Hall–Kier alpha value is -1.71. The van der Waals surface area contributed by atoms with Crippen LogP contribution in [0.2, 0.25) is 0 Å². The van der Waals surface area contributed by atoms with E-state index < -0.39 is 11.5 Å². The van der Waals surface area contributed by atoms with Gasteiger partial charge in [-0.3, -0.25) is 0 Å². The summed E-state index contributed by atoms with van der Waals surface area (Å²) in [6.07, 6.45) is 1.93. The van der Waals surface area contributed by atoms with Crippen molar-refractivity contribution in [2.45, 2.75) is 31.7 Å². The molecule has 0 aliphatic carbocycles. The molecule has 0 aromatic heterocycles. The summed E-state index contributed by atoms with van der Waals surface area (Å²) in [5, 5.41) is 12.5. The van der Waals surface area contributed by atoms with Crippen molar-refractivity contribution in [1.29, 1.82) is 0 Å². The Kier molecular flexibility index (Phi) is 2.96. The summed E-state index contributed by atoms with van der Waals surface area (Å²) in [5.74, 6) is -0.0853. The lowest BCUT2D eigenvalue weighted by Crippen LogP contribution is -2.48. The molecule has 0 fully saturated rings. The van der Waals surface area contributed by atoms with Crippen LogP contribution in [0.1, 0.15) is 25.3 Å². The summed E-state index contributed by atoms with van der Waals surface area (Å²) in [4.78, 5) is 11.4. The molecule has 1 aliphatic heterocycles. The highest BCUT2D eigenvalue weighted by Gasteiger charge is 2.40. The van der Waals surface area contributed by atoms with Crippen molar-refractivity contribution < 1.29 is 14.6 Å². The van der Waals surface area contributed by atoms with E-state index >= 15 is 0 Å². The van der Waals surface area contributed by atoms with Gasteiger partial charge in [-0.25, -0.2) is 4.79 Å². The van der Waals surface area contributed by atoms with Gasteiger partial charge in [0, 0.05) is 0 Å². The van der Waals surface area contributed by atoms with Crippen LogP contribution >= 0.6 is 0 Å². The average molecular weight is 235 g/mol. The molecule has 0 amide bonds. The lowest BCUT2D eigenvalue weighted by Gasteiger charge is -2.36. The van der Waals surface area contributed by atoms with Crippen molar-refractivity contribution in [1.82, 2.24) is 0 Å². The zero-order chi connectivity index (χ0) is 12.5. The van der Waals surface area contributed by atoms with Crippen LogP contribution in [0.25, 0.3) is 0 Å². The average Bonchev–Trinajstić information content (AvgIpc) is 2.37. The van der Waals surface area contributed by atoms with E-state index in [1.807, 2.05) is 25.1 Å². The van der Waals surface area contributed by atoms with Gasteiger partial charge in [0.25, 0.3) is 0 Å². The molecule has 1 aromatic carbocycles. The molecule has 1 aliphatic rings. The number of hydrogen-bond acceptors (Lipinski definition) is 3. The predicted octanol–water partition coefficient (Wildman–Crippen LogP) is 2.29. The van der Waals surface area contributed by atoms with Crippen LogP contribution in [-0.2, 0) is 11.2 Å². The first-order chi connectivity index (χ1) is 8.13. The van der Waals surface area contributed by atoms with Gasteiger partial charge in [-0.15, -0.1) is 0 Å². The Morgan fingerprint density at radius 2 is 2.35 bits per heavy atom. The number of benzene rings is 1. The van der Waals surface area contributed by atoms with Gasteiger partial charge in [0.1, 0.15) is 11.3 Å². The first-order valence-electron chi connectivity index (χ1n) is 5.80.